The number of hydrogen-bond donors (Lipinski definition) is 0. The molecule has 0 N–H and O–H groups in total. The van der Waals surface area contributed by atoms with Crippen molar-refractivity contribution in [2.24, 2.45) is 5.92 Å². The number of rotatable bonds is 3. The zero-order chi connectivity index (χ0) is 16.7. The largest absolute Gasteiger partial charge is 0.461 e. The summed E-state index contributed by atoms with van der Waals surface area (Å²) in [5.41, 5.74) is 0.904. The topological polar surface area (TPSA) is 74.1 Å². The quantitative estimate of drug-likeness (QED) is 0.798. The number of ether oxygens (including phenoxy) is 1. The molecule has 0 bridgehead atoms. The minimum atomic E-state index is -0.393. The van der Waals surface area contributed by atoms with Gasteiger partial charge in [0.05, 0.1) is 5.39 Å². The molecule has 128 valence electrons. The van der Waals surface area contributed by atoms with Gasteiger partial charge in [0.15, 0.2) is 4.83 Å². The van der Waals surface area contributed by atoms with Crippen molar-refractivity contribution in [2.45, 2.75) is 64.5 Å². The molecule has 2 aromatic heterocycles. The highest BCUT2D eigenvalue weighted by atomic mass is 32.1. The normalized spacial score (nSPS) is 21.1. The fourth-order valence-electron chi connectivity index (χ4n) is 3.75. The van der Waals surface area contributed by atoms with Crippen LogP contribution in [-0.2, 0) is 28.9 Å². The van der Waals surface area contributed by atoms with Gasteiger partial charge in [-0.05, 0) is 56.4 Å². The van der Waals surface area contributed by atoms with Crippen LogP contribution in [0.5, 0.6) is 0 Å². The molecule has 0 spiro atoms. The lowest BCUT2D eigenvalue weighted by Crippen LogP contribution is -2.30. The Morgan fingerprint density at radius 3 is 2.92 bits per heavy atom. The Morgan fingerprint density at radius 1 is 1.33 bits per heavy atom. The molecule has 0 saturated heterocycles. The van der Waals surface area contributed by atoms with Gasteiger partial charge in [-0.25, -0.2) is 0 Å². The summed E-state index contributed by atoms with van der Waals surface area (Å²) in [4.78, 5) is 26.8. The van der Waals surface area contributed by atoms with Crippen molar-refractivity contribution < 1.29 is 9.53 Å². The van der Waals surface area contributed by atoms with Crippen LogP contribution in [0.15, 0.2) is 4.79 Å². The zero-order valence-electron chi connectivity index (χ0n) is 13.8. The van der Waals surface area contributed by atoms with Crippen molar-refractivity contribution in [1.29, 1.82) is 0 Å². The van der Waals surface area contributed by atoms with E-state index in [2.05, 4.69) is 17.2 Å². The maximum atomic E-state index is 12.8. The lowest BCUT2D eigenvalue weighted by atomic mass is 9.89. The standard InChI is InChI=1S/C17H21N3O3S/c1-10-6-7-12-13(8-10)24-16-15(12)17(22)20(19-18-16)9-14(21)23-11-4-2-3-5-11/h10-11H,2-9H2,1H3/t10-/m0/s1. The fourth-order valence-corrected chi connectivity index (χ4v) is 5.07. The molecule has 1 saturated carbocycles. The molecule has 2 aliphatic rings. The molecular weight excluding hydrogens is 326 g/mol. The van der Waals surface area contributed by atoms with Gasteiger partial charge in [-0.2, -0.15) is 4.68 Å². The Bertz CT molecular complexity index is 835. The van der Waals surface area contributed by atoms with Crippen molar-refractivity contribution in [1.82, 2.24) is 15.0 Å². The summed E-state index contributed by atoms with van der Waals surface area (Å²) in [6.07, 6.45) is 7.03. The van der Waals surface area contributed by atoms with Gasteiger partial charge in [0.25, 0.3) is 5.56 Å². The lowest BCUT2D eigenvalue weighted by molar-refractivity contribution is -0.149. The van der Waals surface area contributed by atoms with E-state index in [9.17, 15) is 9.59 Å². The van der Waals surface area contributed by atoms with Crippen LogP contribution >= 0.6 is 11.3 Å². The van der Waals surface area contributed by atoms with E-state index in [1.54, 1.807) is 11.3 Å². The molecule has 0 radical (unpaired) electrons. The molecule has 0 amide bonds. The van der Waals surface area contributed by atoms with E-state index in [-0.39, 0.29) is 18.2 Å². The molecular formula is C17H21N3O3S. The van der Waals surface area contributed by atoms with E-state index >= 15 is 0 Å². The second-order valence-corrected chi connectivity index (χ2v) is 8.06. The number of carbonyl (C=O) groups is 1. The van der Waals surface area contributed by atoms with Gasteiger partial charge in [0.2, 0.25) is 0 Å². The number of esters is 1. The van der Waals surface area contributed by atoms with Crippen LogP contribution in [-0.4, -0.2) is 27.1 Å². The second kappa shape index (κ2) is 6.27. The van der Waals surface area contributed by atoms with E-state index < -0.39 is 5.97 Å². The molecule has 2 heterocycles. The van der Waals surface area contributed by atoms with E-state index in [0.29, 0.717) is 16.1 Å². The SMILES string of the molecule is C[C@H]1CCc2c(sc3nnn(CC(=O)OC4CCCC4)c(=O)c23)C1. The molecule has 6 nitrogen and oxygen atoms in total. The summed E-state index contributed by atoms with van der Waals surface area (Å²) >= 11 is 1.57. The Balaban J connectivity index is 1.61. The minimum Gasteiger partial charge on any atom is -0.461 e. The van der Waals surface area contributed by atoms with Crippen LogP contribution in [0.4, 0.5) is 0 Å². The molecule has 0 aliphatic heterocycles. The average Bonchev–Trinajstić information content (AvgIpc) is 3.16. The highest BCUT2D eigenvalue weighted by Gasteiger charge is 2.25. The number of nitrogens with zero attached hydrogens (tertiary/aromatic N) is 3. The lowest BCUT2D eigenvalue weighted by Gasteiger charge is -2.17. The van der Waals surface area contributed by atoms with Gasteiger partial charge in [-0.15, -0.1) is 16.4 Å². The van der Waals surface area contributed by atoms with Crippen LogP contribution in [0.2, 0.25) is 0 Å². The predicted molar refractivity (Wildman–Crippen MR) is 91.2 cm³/mol. The highest BCUT2D eigenvalue weighted by molar-refractivity contribution is 7.18. The third-order valence-corrected chi connectivity index (χ3v) is 6.20. The van der Waals surface area contributed by atoms with Gasteiger partial charge in [-0.3, -0.25) is 9.59 Å². The van der Waals surface area contributed by atoms with Crippen molar-refractivity contribution in [3.8, 4) is 0 Å². The third kappa shape index (κ3) is 2.85. The number of aromatic nitrogens is 3. The van der Waals surface area contributed by atoms with Crippen LogP contribution < -0.4 is 5.56 Å². The summed E-state index contributed by atoms with van der Waals surface area (Å²) in [7, 11) is 0. The second-order valence-electron chi connectivity index (χ2n) is 6.98. The molecule has 24 heavy (non-hydrogen) atoms. The monoisotopic (exact) mass is 347 g/mol. The van der Waals surface area contributed by atoms with Gasteiger partial charge >= 0.3 is 5.97 Å². The molecule has 4 rings (SSSR count). The van der Waals surface area contributed by atoms with Crippen LogP contribution in [0.25, 0.3) is 10.2 Å². The van der Waals surface area contributed by atoms with Crippen molar-refractivity contribution in [3.63, 3.8) is 0 Å². The first-order chi connectivity index (χ1) is 11.6. The molecule has 1 atom stereocenters. The molecule has 0 unspecified atom stereocenters. The number of thiophene rings is 1. The van der Waals surface area contributed by atoms with E-state index in [1.165, 1.54) is 4.88 Å². The molecule has 7 heteroatoms. The van der Waals surface area contributed by atoms with Gasteiger partial charge in [-0.1, -0.05) is 12.1 Å². The van der Waals surface area contributed by atoms with Gasteiger partial charge in [0, 0.05) is 4.88 Å². The summed E-state index contributed by atoms with van der Waals surface area (Å²) in [6, 6.07) is 0. The molecule has 2 aliphatic carbocycles. The summed E-state index contributed by atoms with van der Waals surface area (Å²) in [6.45, 7) is 2.08. The smallest absolute Gasteiger partial charge is 0.328 e. The van der Waals surface area contributed by atoms with Gasteiger partial charge in [0.1, 0.15) is 12.6 Å². The fraction of sp³-hybridized carbons (Fsp3) is 0.647. The molecule has 0 aromatic carbocycles. The Morgan fingerprint density at radius 2 is 2.12 bits per heavy atom. The first kappa shape index (κ1) is 15.7. The first-order valence-corrected chi connectivity index (χ1v) is 9.51. The summed E-state index contributed by atoms with van der Waals surface area (Å²) in [5.74, 6) is 0.248. The van der Waals surface area contributed by atoms with Gasteiger partial charge < -0.3 is 4.74 Å². The predicted octanol–water partition coefficient (Wildman–Crippen LogP) is 2.46. The van der Waals surface area contributed by atoms with Crippen LogP contribution in [0, 0.1) is 5.92 Å². The molecule has 1 fully saturated rings. The number of fused-ring (bicyclic) bond motifs is 3. The minimum absolute atomic E-state index is 0.000266. The summed E-state index contributed by atoms with van der Waals surface area (Å²) in [5, 5.41) is 8.79. The van der Waals surface area contributed by atoms with Crippen molar-refractivity contribution in [2.75, 3.05) is 0 Å². The highest BCUT2D eigenvalue weighted by Crippen LogP contribution is 2.35. The number of hydrogen-bond acceptors (Lipinski definition) is 6. The van der Waals surface area contributed by atoms with Crippen LogP contribution in [0.1, 0.15) is 49.5 Å². The van der Waals surface area contributed by atoms with Crippen LogP contribution in [0.3, 0.4) is 0 Å². The Kier molecular flexibility index (Phi) is 4.12. The number of aryl methyl sites for hydroxylation is 1. The van der Waals surface area contributed by atoms with Crippen molar-refractivity contribution in [3.05, 3.63) is 20.8 Å². The van der Waals surface area contributed by atoms with E-state index in [4.69, 9.17) is 4.74 Å². The Labute approximate surface area is 143 Å². The van der Waals surface area contributed by atoms with E-state index in [1.807, 2.05) is 0 Å². The first-order valence-electron chi connectivity index (χ1n) is 8.69. The van der Waals surface area contributed by atoms with Crippen molar-refractivity contribution >= 4 is 27.5 Å². The number of carbonyl (C=O) groups excluding carboxylic acids is 1. The summed E-state index contributed by atoms with van der Waals surface area (Å²) < 4.78 is 6.58. The van der Waals surface area contributed by atoms with E-state index in [0.717, 1.165) is 55.2 Å². The zero-order valence-corrected chi connectivity index (χ0v) is 14.6. The maximum Gasteiger partial charge on any atom is 0.328 e. The molecule has 2 aromatic rings. The average molecular weight is 347 g/mol. The maximum absolute atomic E-state index is 12.8. The Hall–Kier alpha value is -1.76. The third-order valence-electron chi connectivity index (χ3n) is 5.06.